The van der Waals surface area contributed by atoms with Crippen LogP contribution in [-0.2, 0) is 32.2 Å². The van der Waals surface area contributed by atoms with Gasteiger partial charge in [-0.25, -0.2) is 28.9 Å². The van der Waals surface area contributed by atoms with Crippen LogP contribution in [0.15, 0.2) is 34.5 Å². The molecule has 0 aromatic carbocycles. The summed E-state index contributed by atoms with van der Waals surface area (Å²) in [5.74, 6) is 0.0314. The maximum absolute atomic E-state index is 12.9. The van der Waals surface area contributed by atoms with Gasteiger partial charge in [0.15, 0.2) is 23.9 Å². The van der Waals surface area contributed by atoms with Gasteiger partial charge in [0.1, 0.15) is 48.5 Å². The number of aromatic amines is 1. The van der Waals surface area contributed by atoms with Crippen molar-refractivity contribution in [2.45, 2.75) is 49.1 Å². The Balaban J connectivity index is 1.32. The minimum atomic E-state index is -5.29. The van der Waals surface area contributed by atoms with Gasteiger partial charge in [0.05, 0.1) is 19.5 Å². The lowest BCUT2D eigenvalue weighted by Crippen LogP contribution is -2.38. The van der Waals surface area contributed by atoms with E-state index in [0.717, 1.165) is 18.6 Å². The van der Waals surface area contributed by atoms with Crippen molar-refractivity contribution < 1.29 is 62.2 Å². The number of nitrogens with one attached hydrogen (secondary N) is 1. The second-order valence-electron chi connectivity index (χ2n) is 9.29. The molecular formula is C19H25N7O15P2. The third-order valence-electron chi connectivity index (χ3n) is 6.50. The molecule has 0 spiro atoms. The highest BCUT2D eigenvalue weighted by Gasteiger charge is 2.51. The first kappa shape index (κ1) is 31.5. The smallest absolute Gasteiger partial charge is 0.394 e. The largest absolute Gasteiger partial charge is 0.472 e. The molecule has 3 aromatic rings. The van der Waals surface area contributed by atoms with Gasteiger partial charge in [0.2, 0.25) is 0 Å². The standard InChI is InChI=1S/C19H25N7O15P2/c20-15-10-16(22-5-21-15)26(6-23-10)18-11(29)13(7(3-27)38-18)41-43(35,36)37-4-8-14(40-42(32,33)34)12(30)17(39-8)25-2-1-9(28)24-19(25)31/h1-2,5-8,11-14,17-18,27,29-30H,3-4H2,(H,35,36)(H2,20,21,22)(H,24,28,31)(H2,32,33,34). The van der Waals surface area contributed by atoms with Crippen molar-refractivity contribution in [3.8, 4) is 0 Å². The summed E-state index contributed by atoms with van der Waals surface area (Å²) in [7, 11) is -10.5. The number of ether oxygens (including phenoxy) is 2. The van der Waals surface area contributed by atoms with E-state index >= 15 is 0 Å². The third-order valence-corrected chi connectivity index (χ3v) is 8.00. The van der Waals surface area contributed by atoms with Crippen LogP contribution in [0.1, 0.15) is 12.5 Å². The van der Waals surface area contributed by atoms with Gasteiger partial charge in [0.25, 0.3) is 5.56 Å². The number of H-pyrrole nitrogens is 1. The van der Waals surface area contributed by atoms with Gasteiger partial charge in [0, 0.05) is 12.3 Å². The number of aliphatic hydroxyl groups excluding tert-OH is 3. The maximum Gasteiger partial charge on any atom is 0.472 e. The predicted octanol–water partition coefficient (Wildman–Crippen LogP) is -3.55. The number of hydrogen-bond acceptors (Lipinski definition) is 16. The monoisotopic (exact) mass is 653 g/mol. The van der Waals surface area contributed by atoms with Crippen molar-refractivity contribution in [2.75, 3.05) is 18.9 Å². The number of imidazole rings is 1. The number of fused-ring (bicyclic) bond motifs is 1. The van der Waals surface area contributed by atoms with E-state index in [0.29, 0.717) is 4.57 Å². The Kier molecular flexibility index (Phi) is 8.68. The van der Waals surface area contributed by atoms with Crippen LogP contribution < -0.4 is 17.0 Å². The normalized spacial score (nSPS) is 31.0. The van der Waals surface area contributed by atoms with E-state index in [-0.39, 0.29) is 17.0 Å². The molecule has 22 nitrogen and oxygen atoms in total. The Hall–Kier alpha value is -2.95. The number of aliphatic hydroxyl groups is 3. The molecule has 2 aliphatic rings. The fraction of sp³-hybridized carbons (Fsp3) is 0.526. The van der Waals surface area contributed by atoms with E-state index in [1.807, 2.05) is 4.98 Å². The molecule has 236 valence electrons. The quantitative estimate of drug-likeness (QED) is 0.0981. The Labute approximate surface area is 238 Å². The second-order valence-corrected chi connectivity index (χ2v) is 11.9. The minimum absolute atomic E-state index is 0.0314. The van der Waals surface area contributed by atoms with Gasteiger partial charge in [-0.05, 0) is 0 Å². The zero-order chi connectivity index (χ0) is 31.3. The van der Waals surface area contributed by atoms with Gasteiger partial charge in [-0.1, -0.05) is 0 Å². The molecule has 5 rings (SSSR count). The van der Waals surface area contributed by atoms with Gasteiger partial charge < -0.3 is 45.2 Å². The Morgan fingerprint density at radius 2 is 1.63 bits per heavy atom. The highest BCUT2D eigenvalue weighted by molar-refractivity contribution is 7.47. The lowest BCUT2D eigenvalue weighted by molar-refractivity contribution is -0.0608. The van der Waals surface area contributed by atoms with E-state index in [1.54, 1.807) is 0 Å². The number of phosphoric acid groups is 2. The van der Waals surface area contributed by atoms with Gasteiger partial charge >= 0.3 is 21.3 Å². The number of hydrogen-bond donors (Lipinski definition) is 8. The first-order chi connectivity index (χ1) is 20.2. The fourth-order valence-electron chi connectivity index (χ4n) is 4.63. The fourth-order valence-corrected chi connectivity index (χ4v) is 6.18. The summed E-state index contributed by atoms with van der Waals surface area (Å²) in [5.41, 5.74) is 4.25. The third kappa shape index (κ3) is 6.47. The second kappa shape index (κ2) is 11.9. The van der Waals surface area contributed by atoms with Crippen LogP contribution in [-0.4, -0.2) is 109 Å². The van der Waals surface area contributed by atoms with Crippen molar-refractivity contribution in [1.82, 2.24) is 29.1 Å². The molecule has 2 aliphatic heterocycles. The van der Waals surface area contributed by atoms with Crippen LogP contribution in [0, 0.1) is 0 Å². The summed E-state index contributed by atoms with van der Waals surface area (Å²) < 4.78 is 52.0. The van der Waals surface area contributed by atoms with E-state index in [4.69, 9.17) is 24.3 Å². The summed E-state index contributed by atoms with van der Waals surface area (Å²) in [6, 6.07) is 0.907. The lowest BCUT2D eigenvalue weighted by Gasteiger charge is -2.24. The first-order valence-electron chi connectivity index (χ1n) is 12.1. The number of nitrogens with zero attached hydrogens (tertiary/aromatic N) is 5. The molecule has 0 radical (unpaired) electrons. The summed E-state index contributed by atoms with van der Waals surface area (Å²) in [6.45, 7) is -1.79. The highest BCUT2D eigenvalue weighted by atomic mass is 31.2. The summed E-state index contributed by atoms with van der Waals surface area (Å²) >= 11 is 0. The molecule has 0 aliphatic carbocycles. The predicted molar refractivity (Wildman–Crippen MR) is 136 cm³/mol. The van der Waals surface area contributed by atoms with Crippen LogP contribution in [0.3, 0.4) is 0 Å². The molecule has 24 heteroatoms. The molecule has 9 unspecified atom stereocenters. The van der Waals surface area contributed by atoms with Gasteiger partial charge in [-0.15, -0.1) is 0 Å². The van der Waals surface area contributed by atoms with E-state index < -0.39 is 89.2 Å². The van der Waals surface area contributed by atoms with Crippen LogP contribution in [0.25, 0.3) is 11.2 Å². The lowest BCUT2D eigenvalue weighted by atomic mass is 10.1. The molecule has 9 atom stereocenters. The topological polar surface area (TPSA) is 326 Å². The Morgan fingerprint density at radius 3 is 2.28 bits per heavy atom. The van der Waals surface area contributed by atoms with Crippen molar-refractivity contribution in [2.24, 2.45) is 0 Å². The number of aromatic nitrogens is 6. The molecule has 2 fully saturated rings. The molecule has 9 N–H and O–H groups in total. The van der Waals surface area contributed by atoms with Crippen LogP contribution >= 0.6 is 15.6 Å². The molecular weight excluding hydrogens is 628 g/mol. The van der Waals surface area contributed by atoms with Crippen molar-refractivity contribution >= 4 is 32.6 Å². The molecule has 0 saturated carbocycles. The molecule has 3 aromatic heterocycles. The zero-order valence-electron chi connectivity index (χ0n) is 21.4. The average Bonchev–Trinajstić information content (AvgIpc) is 3.57. The molecule has 2 saturated heterocycles. The zero-order valence-corrected chi connectivity index (χ0v) is 23.2. The summed E-state index contributed by atoms with van der Waals surface area (Å²) in [5, 5.41) is 31.3. The molecule has 0 bridgehead atoms. The van der Waals surface area contributed by atoms with Crippen LogP contribution in [0.4, 0.5) is 5.82 Å². The van der Waals surface area contributed by atoms with Gasteiger partial charge in [-0.3, -0.25) is 32.5 Å². The van der Waals surface area contributed by atoms with E-state index in [2.05, 4.69) is 19.5 Å². The van der Waals surface area contributed by atoms with Crippen molar-refractivity contribution in [1.29, 1.82) is 0 Å². The van der Waals surface area contributed by atoms with Crippen molar-refractivity contribution in [3.05, 3.63) is 45.8 Å². The first-order valence-corrected chi connectivity index (χ1v) is 15.1. The van der Waals surface area contributed by atoms with Crippen LogP contribution in [0.2, 0.25) is 0 Å². The van der Waals surface area contributed by atoms with Gasteiger partial charge in [-0.2, -0.15) is 0 Å². The number of nitrogen functional groups attached to an aromatic ring is 1. The van der Waals surface area contributed by atoms with E-state index in [1.165, 1.54) is 10.9 Å². The highest BCUT2D eigenvalue weighted by Crippen LogP contribution is 2.50. The maximum atomic E-state index is 12.9. The molecule has 43 heavy (non-hydrogen) atoms. The Bertz CT molecular complexity index is 1690. The van der Waals surface area contributed by atoms with E-state index in [9.17, 15) is 48.7 Å². The molecule has 5 heterocycles. The number of anilines is 1. The average molecular weight is 653 g/mol. The Morgan fingerprint density at radius 1 is 0.977 bits per heavy atom. The molecule has 0 amide bonds. The summed E-state index contributed by atoms with van der Waals surface area (Å²) in [4.78, 5) is 66.4. The minimum Gasteiger partial charge on any atom is -0.394 e. The number of rotatable bonds is 10. The van der Waals surface area contributed by atoms with Crippen LogP contribution in [0.5, 0.6) is 0 Å². The SMILES string of the molecule is Nc1ncnc2c1ncn2C1OC(CO)C(OP(=O)(O)OCC2OC(n3ccc(=O)[nH]c3=O)C(O)C2OP(=O)(O)O)C1O. The van der Waals surface area contributed by atoms with Crippen molar-refractivity contribution in [3.63, 3.8) is 0 Å². The number of phosphoric ester groups is 2. The number of nitrogens with two attached hydrogens (primary N) is 1. The summed E-state index contributed by atoms with van der Waals surface area (Å²) in [6.07, 6.45) is -10.0.